The first kappa shape index (κ1) is 21.1. The van der Waals surface area contributed by atoms with Crippen LogP contribution in [-0.4, -0.2) is 44.9 Å². The van der Waals surface area contributed by atoms with Crippen LogP contribution in [0.25, 0.3) is 0 Å². The van der Waals surface area contributed by atoms with E-state index in [-0.39, 0.29) is 28.6 Å². The van der Waals surface area contributed by atoms with Crippen LogP contribution >= 0.6 is 0 Å². The Balaban J connectivity index is 2.03. The topological polar surface area (TPSA) is 131 Å². The van der Waals surface area contributed by atoms with Gasteiger partial charge in [-0.05, 0) is 23.8 Å². The number of nitro groups is 1. The number of urea groups is 1. The average Bonchev–Trinajstić information content (AvgIpc) is 2.66. The molecule has 0 aliphatic carbocycles. The number of benzene rings is 2. The fraction of sp³-hybridized carbons (Fsp3) is 0.235. The predicted molar refractivity (Wildman–Crippen MR) is 103 cm³/mol. The molecule has 0 atom stereocenters. The van der Waals surface area contributed by atoms with Crippen molar-refractivity contribution in [3.05, 3.63) is 58.1 Å². The molecule has 2 rings (SSSR count). The Morgan fingerprint density at radius 2 is 1.82 bits per heavy atom. The highest BCUT2D eigenvalue weighted by Crippen LogP contribution is 2.28. The molecular formula is C17H20N4O6S. The number of rotatable bonds is 7. The van der Waals surface area contributed by atoms with Gasteiger partial charge in [-0.1, -0.05) is 12.1 Å². The maximum absolute atomic E-state index is 12.1. The summed E-state index contributed by atoms with van der Waals surface area (Å²) < 4.78 is 30.3. The number of anilines is 1. The molecule has 0 aliphatic rings. The number of methoxy groups -OCH3 is 1. The highest BCUT2D eigenvalue weighted by molar-refractivity contribution is 7.89. The molecule has 0 saturated carbocycles. The summed E-state index contributed by atoms with van der Waals surface area (Å²) in [4.78, 5) is 22.5. The number of nitrogens with zero attached hydrogens (tertiary/aromatic N) is 2. The molecule has 11 heteroatoms. The van der Waals surface area contributed by atoms with Gasteiger partial charge in [-0.15, -0.1) is 0 Å². The van der Waals surface area contributed by atoms with Crippen molar-refractivity contribution in [2.45, 2.75) is 11.4 Å². The zero-order chi connectivity index (χ0) is 20.9. The van der Waals surface area contributed by atoms with E-state index in [1.165, 1.54) is 51.5 Å². The third-order valence-corrected chi connectivity index (χ3v) is 5.63. The lowest BCUT2D eigenvalue weighted by molar-refractivity contribution is -0.384. The molecule has 0 radical (unpaired) electrons. The Morgan fingerprint density at radius 1 is 1.18 bits per heavy atom. The van der Waals surface area contributed by atoms with Crippen LogP contribution in [-0.2, 0) is 16.6 Å². The lowest BCUT2D eigenvalue weighted by Gasteiger charge is -2.13. The molecule has 28 heavy (non-hydrogen) atoms. The van der Waals surface area contributed by atoms with Gasteiger partial charge in [0, 0.05) is 32.8 Å². The lowest BCUT2D eigenvalue weighted by Crippen LogP contribution is -2.28. The van der Waals surface area contributed by atoms with Crippen molar-refractivity contribution >= 4 is 27.4 Å². The number of nitrogens with one attached hydrogen (secondary N) is 2. The first-order valence-corrected chi connectivity index (χ1v) is 9.48. The van der Waals surface area contributed by atoms with Crippen LogP contribution in [0, 0.1) is 10.1 Å². The number of amides is 2. The molecule has 0 spiro atoms. The summed E-state index contributed by atoms with van der Waals surface area (Å²) in [5, 5.41) is 16.0. The van der Waals surface area contributed by atoms with Crippen LogP contribution in [0.15, 0.2) is 47.4 Å². The summed E-state index contributed by atoms with van der Waals surface area (Å²) in [5.41, 5.74) is 0.647. The van der Waals surface area contributed by atoms with Crippen LogP contribution in [0.1, 0.15) is 5.56 Å². The maximum Gasteiger partial charge on any atom is 0.319 e. The molecule has 0 aromatic heterocycles. The first-order valence-electron chi connectivity index (χ1n) is 8.04. The van der Waals surface area contributed by atoms with Gasteiger partial charge < -0.3 is 15.4 Å². The van der Waals surface area contributed by atoms with E-state index in [1.54, 1.807) is 12.1 Å². The summed E-state index contributed by atoms with van der Waals surface area (Å²) in [6.45, 7) is 0.130. The minimum Gasteiger partial charge on any atom is -0.495 e. The van der Waals surface area contributed by atoms with Crippen LogP contribution in [0.2, 0.25) is 0 Å². The maximum atomic E-state index is 12.1. The number of hydrogen-bond donors (Lipinski definition) is 2. The molecular weight excluding hydrogens is 388 g/mol. The summed E-state index contributed by atoms with van der Waals surface area (Å²) in [5.74, 6) is 0.277. The second kappa shape index (κ2) is 8.67. The summed E-state index contributed by atoms with van der Waals surface area (Å²) in [6, 6.07) is 9.34. The molecule has 150 valence electrons. The second-order valence-electron chi connectivity index (χ2n) is 5.88. The van der Waals surface area contributed by atoms with Gasteiger partial charge in [0.15, 0.2) is 0 Å². The molecule has 0 unspecified atom stereocenters. The van der Waals surface area contributed by atoms with Crippen molar-refractivity contribution in [2.24, 2.45) is 0 Å². The quantitative estimate of drug-likeness (QED) is 0.533. The zero-order valence-electron chi connectivity index (χ0n) is 15.5. The second-order valence-corrected chi connectivity index (χ2v) is 8.03. The van der Waals surface area contributed by atoms with E-state index in [2.05, 4.69) is 10.6 Å². The normalized spacial score (nSPS) is 11.1. The summed E-state index contributed by atoms with van der Waals surface area (Å²) >= 11 is 0. The molecule has 2 aromatic carbocycles. The fourth-order valence-corrected chi connectivity index (χ4v) is 3.15. The van der Waals surface area contributed by atoms with Crippen LogP contribution in [0.3, 0.4) is 0 Å². The average molecular weight is 408 g/mol. The monoisotopic (exact) mass is 408 g/mol. The van der Waals surface area contributed by atoms with Gasteiger partial charge in [-0.25, -0.2) is 17.5 Å². The molecule has 0 fully saturated rings. The number of hydrogen-bond acceptors (Lipinski definition) is 6. The zero-order valence-corrected chi connectivity index (χ0v) is 16.3. The molecule has 2 N–H and O–H groups in total. The van der Waals surface area contributed by atoms with Gasteiger partial charge in [0.25, 0.3) is 5.69 Å². The number of carbonyl (C=O) groups is 1. The number of carbonyl (C=O) groups excluding carboxylic acids is 1. The molecule has 0 saturated heterocycles. The van der Waals surface area contributed by atoms with Crippen molar-refractivity contribution in [3.63, 3.8) is 0 Å². The first-order chi connectivity index (χ1) is 13.1. The highest BCUT2D eigenvalue weighted by Gasteiger charge is 2.17. The molecule has 2 amide bonds. The van der Waals surface area contributed by atoms with Crippen molar-refractivity contribution < 1.29 is 22.9 Å². The number of non-ortho nitro benzene ring substituents is 1. The summed E-state index contributed by atoms with van der Waals surface area (Å²) in [7, 11) is 0.746. The smallest absolute Gasteiger partial charge is 0.319 e. The van der Waals surface area contributed by atoms with Gasteiger partial charge in [0.2, 0.25) is 10.0 Å². The molecule has 0 aliphatic heterocycles. The Hall–Kier alpha value is -3.18. The van der Waals surface area contributed by atoms with Crippen LogP contribution < -0.4 is 15.4 Å². The van der Waals surface area contributed by atoms with E-state index in [9.17, 15) is 23.3 Å². The van der Waals surface area contributed by atoms with E-state index >= 15 is 0 Å². The van der Waals surface area contributed by atoms with Gasteiger partial charge >= 0.3 is 6.03 Å². The molecule has 10 nitrogen and oxygen atoms in total. The van der Waals surface area contributed by atoms with E-state index in [0.29, 0.717) is 5.56 Å². The Bertz CT molecular complexity index is 974. The summed E-state index contributed by atoms with van der Waals surface area (Å²) in [6.07, 6.45) is 0. The fourth-order valence-electron chi connectivity index (χ4n) is 2.25. The Kier molecular flexibility index (Phi) is 6.54. The number of ether oxygens (including phenoxy) is 1. The van der Waals surface area contributed by atoms with E-state index < -0.39 is 21.0 Å². The molecule has 2 aromatic rings. The largest absolute Gasteiger partial charge is 0.495 e. The lowest BCUT2D eigenvalue weighted by atomic mass is 10.2. The van der Waals surface area contributed by atoms with Crippen LogP contribution in [0.4, 0.5) is 16.2 Å². The van der Waals surface area contributed by atoms with Gasteiger partial charge in [0.1, 0.15) is 5.75 Å². The minimum absolute atomic E-state index is 0.130. The standard InChI is InChI=1S/C17H20N4O6S/c1-20(2)28(25,26)14-7-4-12(5-8-14)11-18-17(22)19-15-10-13(21(23)24)6-9-16(15)27-3/h4-10H,11H2,1-3H3,(H2,18,19,22). The van der Waals surface area contributed by atoms with Crippen molar-refractivity contribution in [1.82, 2.24) is 9.62 Å². The van der Waals surface area contributed by atoms with Crippen molar-refractivity contribution in [1.29, 1.82) is 0 Å². The predicted octanol–water partition coefficient (Wildman–Crippen LogP) is 2.18. The van der Waals surface area contributed by atoms with E-state index in [1.807, 2.05) is 0 Å². The molecule has 0 heterocycles. The van der Waals surface area contributed by atoms with Crippen LogP contribution in [0.5, 0.6) is 5.75 Å². The SMILES string of the molecule is COc1ccc([N+](=O)[O-])cc1NC(=O)NCc1ccc(S(=O)(=O)N(C)C)cc1. The van der Waals surface area contributed by atoms with E-state index in [4.69, 9.17) is 4.74 Å². The van der Waals surface area contributed by atoms with Gasteiger partial charge in [0.05, 0.1) is 22.6 Å². The molecule has 0 bridgehead atoms. The number of nitro benzene ring substituents is 1. The van der Waals surface area contributed by atoms with Gasteiger partial charge in [-0.3, -0.25) is 10.1 Å². The third-order valence-electron chi connectivity index (χ3n) is 3.80. The Labute approximate surface area is 162 Å². The Morgan fingerprint density at radius 3 is 2.36 bits per heavy atom. The van der Waals surface area contributed by atoms with Crippen molar-refractivity contribution in [2.75, 3.05) is 26.5 Å². The van der Waals surface area contributed by atoms with Gasteiger partial charge in [-0.2, -0.15) is 0 Å². The number of sulfonamides is 1. The highest BCUT2D eigenvalue weighted by atomic mass is 32.2. The van der Waals surface area contributed by atoms with Crippen molar-refractivity contribution in [3.8, 4) is 5.75 Å². The van der Waals surface area contributed by atoms with E-state index in [0.717, 1.165) is 4.31 Å². The minimum atomic E-state index is -3.52. The third kappa shape index (κ3) is 4.96.